The Kier molecular flexibility index (Phi) is 5.33. The van der Waals surface area contributed by atoms with Crippen LogP contribution in [0.25, 0.3) is 0 Å². The van der Waals surface area contributed by atoms with Gasteiger partial charge in [-0.3, -0.25) is 4.79 Å². The predicted octanol–water partition coefficient (Wildman–Crippen LogP) is 3.56. The summed E-state index contributed by atoms with van der Waals surface area (Å²) in [4.78, 5) is 26.2. The van der Waals surface area contributed by atoms with Crippen molar-refractivity contribution in [2.45, 2.75) is 44.6 Å². The molecule has 0 bridgehead atoms. The molecular formula is C18H23FN2O3. The van der Waals surface area contributed by atoms with Gasteiger partial charge in [-0.25, -0.2) is 9.18 Å². The van der Waals surface area contributed by atoms with Crippen molar-refractivity contribution in [3.63, 3.8) is 0 Å². The van der Waals surface area contributed by atoms with Gasteiger partial charge in [0.15, 0.2) is 0 Å². The lowest BCUT2D eigenvalue weighted by Crippen LogP contribution is -2.45. The normalized spacial score (nSPS) is 21.5. The van der Waals surface area contributed by atoms with Gasteiger partial charge in [-0.15, -0.1) is 0 Å². The maximum atomic E-state index is 13.6. The van der Waals surface area contributed by atoms with E-state index in [0.717, 1.165) is 38.5 Å². The molecule has 24 heavy (non-hydrogen) atoms. The Morgan fingerprint density at radius 2 is 1.88 bits per heavy atom. The summed E-state index contributed by atoms with van der Waals surface area (Å²) in [5, 5.41) is 2.57. The molecule has 5 nitrogen and oxygen atoms in total. The second-order valence-electron chi connectivity index (χ2n) is 6.54. The van der Waals surface area contributed by atoms with Crippen LogP contribution in [-0.4, -0.2) is 36.1 Å². The fourth-order valence-electron chi connectivity index (χ4n) is 3.38. The van der Waals surface area contributed by atoms with E-state index in [9.17, 15) is 14.0 Å². The quantitative estimate of drug-likeness (QED) is 0.860. The molecule has 1 heterocycles. The molecular weight excluding hydrogens is 311 g/mol. The summed E-state index contributed by atoms with van der Waals surface area (Å²) in [7, 11) is 0. The van der Waals surface area contributed by atoms with Crippen molar-refractivity contribution in [2.24, 2.45) is 5.92 Å². The van der Waals surface area contributed by atoms with Crippen molar-refractivity contribution in [1.29, 1.82) is 0 Å². The molecule has 2 amide bonds. The van der Waals surface area contributed by atoms with Crippen LogP contribution in [0.5, 0.6) is 0 Å². The fourth-order valence-corrected chi connectivity index (χ4v) is 3.38. The van der Waals surface area contributed by atoms with Crippen LogP contribution in [0.4, 0.5) is 14.9 Å². The van der Waals surface area contributed by atoms with Gasteiger partial charge in [0.2, 0.25) is 0 Å². The third-order valence-corrected chi connectivity index (χ3v) is 4.74. The smallest absolute Gasteiger partial charge is 0.321 e. The van der Waals surface area contributed by atoms with Crippen molar-refractivity contribution < 1.29 is 18.7 Å². The number of para-hydroxylation sites is 1. The summed E-state index contributed by atoms with van der Waals surface area (Å²) in [6.07, 6.45) is 5.62. The van der Waals surface area contributed by atoms with Gasteiger partial charge >= 0.3 is 12.0 Å². The van der Waals surface area contributed by atoms with Crippen molar-refractivity contribution in [2.75, 3.05) is 18.4 Å². The molecule has 130 valence electrons. The molecule has 0 spiro atoms. The number of rotatable bonds is 3. The predicted molar refractivity (Wildman–Crippen MR) is 88.1 cm³/mol. The molecule has 0 aromatic heterocycles. The van der Waals surface area contributed by atoms with Crippen LogP contribution in [0, 0.1) is 11.7 Å². The van der Waals surface area contributed by atoms with Crippen molar-refractivity contribution in [1.82, 2.24) is 4.90 Å². The average molecular weight is 334 g/mol. The number of carbonyl (C=O) groups excluding carboxylic acids is 2. The van der Waals surface area contributed by atoms with Crippen LogP contribution in [0.3, 0.4) is 0 Å². The number of nitrogens with zero attached hydrogens (tertiary/aromatic N) is 1. The Labute approximate surface area is 141 Å². The highest BCUT2D eigenvalue weighted by molar-refractivity contribution is 5.90. The van der Waals surface area contributed by atoms with E-state index >= 15 is 0 Å². The largest absolute Gasteiger partial charge is 0.462 e. The highest BCUT2D eigenvalue weighted by Gasteiger charge is 2.31. The molecule has 3 rings (SSSR count). The van der Waals surface area contributed by atoms with Gasteiger partial charge in [-0.05, 0) is 50.7 Å². The van der Waals surface area contributed by atoms with Crippen LogP contribution in [0.1, 0.15) is 38.5 Å². The highest BCUT2D eigenvalue weighted by atomic mass is 19.1. The third kappa shape index (κ3) is 4.04. The number of anilines is 1. The second-order valence-corrected chi connectivity index (χ2v) is 6.54. The van der Waals surface area contributed by atoms with Gasteiger partial charge in [0.05, 0.1) is 11.6 Å². The number of likely N-dealkylation sites (tertiary alicyclic amines) is 1. The Morgan fingerprint density at radius 3 is 2.62 bits per heavy atom. The zero-order chi connectivity index (χ0) is 16.9. The van der Waals surface area contributed by atoms with E-state index in [2.05, 4.69) is 5.32 Å². The highest BCUT2D eigenvalue weighted by Crippen LogP contribution is 2.25. The van der Waals surface area contributed by atoms with Gasteiger partial charge in [-0.1, -0.05) is 12.1 Å². The van der Waals surface area contributed by atoms with Crippen LogP contribution in [-0.2, 0) is 9.53 Å². The lowest BCUT2D eigenvalue weighted by molar-refractivity contribution is -0.155. The zero-order valence-electron chi connectivity index (χ0n) is 13.7. The first-order chi connectivity index (χ1) is 11.6. The van der Waals surface area contributed by atoms with Crippen LogP contribution in [0.2, 0.25) is 0 Å². The lowest BCUT2D eigenvalue weighted by Gasteiger charge is -2.32. The number of urea groups is 1. The van der Waals surface area contributed by atoms with E-state index in [4.69, 9.17) is 4.74 Å². The number of hydrogen-bond donors (Lipinski definition) is 1. The molecule has 2 aliphatic rings. The number of hydrogen-bond acceptors (Lipinski definition) is 3. The Balaban J connectivity index is 1.55. The van der Waals surface area contributed by atoms with E-state index in [1.165, 1.54) is 12.1 Å². The molecule has 0 radical (unpaired) electrons. The van der Waals surface area contributed by atoms with Gasteiger partial charge < -0.3 is 15.0 Å². The minimum atomic E-state index is -0.472. The average Bonchev–Trinajstić information content (AvgIpc) is 3.10. The first-order valence-electron chi connectivity index (χ1n) is 8.64. The number of benzene rings is 1. The van der Waals surface area contributed by atoms with Gasteiger partial charge in [0.25, 0.3) is 0 Å². The molecule has 1 atom stereocenters. The van der Waals surface area contributed by atoms with E-state index < -0.39 is 5.82 Å². The summed E-state index contributed by atoms with van der Waals surface area (Å²) in [5.74, 6) is -0.962. The number of piperidine rings is 1. The van der Waals surface area contributed by atoms with Crippen molar-refractivity contribution in [3.05, 3.63) is 30.1 Å². The minimum absolute atomic E-state index is 0.0418. The van der Waals surface area contributed by atoms with E-state index in [0.29, 0.717) is 13.1 Å². The monoisotopic (exact) mass is 334 g/mol. The van der Waals surface area contributed by atoms with Crippen molar-refractivity contribution in [3.8, 4) is 0 Å². The molecule has 6 heteroatoms. The number of esters is 1. The maximum Gasteiger partial charge on any atom is 0.321 e. The molecule has 1 saturated carbocycles. The SMILES string of the molecule is O=C(OC1CCCC1)C1CCCN(C(=O)Nc2ccccc2F)C1. The molecule has 1 aromatic carbocycles. The van der Waals surface area contributed by atoms with E-state index in [-0.39, 0.29) is 29.7 Å². The van der Waals surface area contributed by atoms with Crippen LogP contribution in [0.15, 0.2) is 24.3 Å². The summed E-state index contributed by atoms with van der Waals surface area (Å²) in [5.41, 5.74) is 0.151. The number of amides is 2. The molecule has 2 fully saturated rings. The summed E-state index contributed by atoms with van der Waals surface area (Å²) >= 11 is 0. The number of nitrogens with one attached hydrogen (secondary N) is 1. The zero-order valence-corrected chi connectivity index (χ0v) is 13.7. The second kappa shape index (κ2) is 7.64. The molecule has 1 aromatic rings. The summed E-state index contributed by atoms with van der Waals surface area (Å²) in [6, 6.07) is 5.67. The third-order valence-electron chi connectivity index (χ3n) is 4.74. The lowest BCUT2D eigenvalue weighted by atomic mass is 9.98. The maximum absolute atomic E-state index is 13.6. The molecule has 1 aliphatic heterocycles. The first kappa shape index (κ1) is 16.7. The van der Waals surface area contributed by atoms with Crippen LogP contribution < -0.4 is 5.32 Å². The fraction of sp³-hybridized carbons (Fsp3) is 0.556. The standard InChI is InChI=1S/C18H23FN2O3/c19-15-9-3-4-10-16(15)20-18(23)21-11-5-6-13(12-21)17(22)24-14-7-1-2-8-14/h3-4,9-10,13-14H,1-2,5-8,11-12H2,(H,20,23). The Bertz CT molecular complexity index is 602. The Hall–Kier alpha value is -2.11. The van der Waals surface area contributed by atoms with Crippen LogP contribution >= 0.6 is 0 Å². The van der Waals surface area contributed by atoms with E-state index in [1.54, 1.807) is 17.0 Å². The van der Waals surface area contributed by atoms with Gasteiger partial charge in [0.1, 0.15) is 11.9 Å². The number of halogens is 1. The molecule has 1 N–H and O–H groups in total. The number of ether oxygens (including phenoxy) is 1. The molecule has 1 unspecified atom stereocenters. The number of carbonyl (C=O) groups is 2. The first-order valence-corrected chi connectivity index (χ1v) is 8.64. The van der Waals surface area contributed by atoms with Gasteiger partial charge in [-0.2, -0.15) is 0 Å². The topological polar surface area (TPSA) is 58.6 Å². The van der Waals surface area contributed by atoms with E-state index in [1.807, 2.05) is 0 Å². The van der Waals surface area contributed by atoms with Gasteiger partial charge in [0, 0.05) is 13.1 Å². The molecule has 1 saturated heterocycles. The molecule has 1 aliphatic carbocycles. The Morgan fingerprint density at radius 1 is 1.12 bits per heavy atom. The van der Waals surface area contributed by atoms with Crippen molar-refractivity contribution >= 4 is 17.7 Å². The summed E-state index contributed by atoms with van der Waals surface area (Å²) < 4.78 is 19.2. The minimum Gasteiger partial charge on any atom is -0.462 e. The summed E-state index contributed by atoms with van der Waals surface area (Å²) in [6.45, 7) is 0.888.